The molecule has 0 bridgehead atoms. The number of carbonyl (C=O) groups is 2. The van der Waals surface area contributed by atoms with Crippen LogP contribution in [0.4, 0.5) is 0 Å². The Morgan fingerprint density at radius 2 is 2.06 bits per heavy atom. The van der Waals surface area contributed by atoms with Gasteiger partial charge in [-0.05, 0) is 41.6 Å². The molecule has 5 nitrogen and oxygen atoms in total. The van der Waals surface area contributed by atoms with E-state index in [0.29, 0.717) is 30.6 Å². The highest BCUT2D eigenvalue weighted by atomic mass is 16.2. The summed E-state index contributed by atoms with van der Waals surface area (Å²) < 4.78 is 0. The number of benzene rings is 2. The van der Waals surface area contributed by atoms with E-state index in [1.807, 2.05) is 47.5 Å². The van der Waals surface area contributed by atoms with Gasteiger partial charge in [-0.15, -0.1) is 6.42 Å². The van der Waals surface area contributed by atoms with Gasteiger partial charge >= 0.3 is 0 Å². The maximum Gasteiger partial charge on any atom is 0.227 e. The predicted octanol–water partition coefficient (Wildman–Crippen LogP) is 3.30. The van der Waals surface area contributed by atoms with Crippen LogP contribution in [0.15, 0.2) is 54.9 Å². The zero-order valence-electron chi connectivity index (χ0n) is 17.6. The second-order valence-corrected chi connectivity index (χ2v) is 8.09. The van der Waals surface area contributed by atoms with Gasteiger partial charge in [0.2, 0.25) is 5.91 Å². The molecular weight excluding hydrogens is 386 g/mol. The van der Waals surface area contributed by atoms with Crippen LogP contribution in [-0.4, -0.2) is 52.7 Å². The van der Waals surface area contributed by atoms with Crippen LogP contribution < -0.4 is 0 Å². The normalized spacial score (nSPS) is 16.8. The molecule has 156 valence electrons. The van der Waals surface area contributed by atoms with Crippen LogP contribution >= 0.6 is 0 Å². The number of aldehydes is 1. The lowest BCUT2D eigenvalue weighted by Gasteiger charge is -2.40. The van der Waals surface area contributed by atoms with Crippen LogP contribution in [0.3, 0.4) is 0 Å². The number of nitrogens with zero attached hydrogens (tertiary/aromatic N) is 3. The summed E-state index contributed by atoms with van der Waals surface area (Å²) in [5.41, 5.74) is 3.29. The molecule has 31 heavy (non-hydrogen) atoms. The maximum atomic E-state index is 13.1. The first-order valence-corrected chi connectivity index (χ1v) is 10.5. The molecule has 0 aliphatic carbocycles. The molecule has 1 amide bonds. The number of fused-ring (bicyclic) bond motifs is 1. The van der Waals surface area contributed by atoms with Gasteiger partial charge in [-0.25, -0.2) is 0 Å². The third-order valence-corrected chi connectivity index (χ3v) is 5.85. The molecule has 1 aliphatic heterocycles. The lowest BCUT2D eigenvalue weighted by atomic mass is 10.0. The van der Waals surface area contributed by atoms with Crippen molar-refractivity contribution < 1.29 is 9.59 Å². The van der Waals surface area contributed by atoms with Gasteiger partial charge in [0.15, 0.2) is 0 Å². The summed E-state index contributed by atoms with van der Waals surface area (Å²) in [5.74, 6) is 2.74. The number of carbonyl (C=O) groups excluding carboxylic acids is 2. The number of piperazine rings is 1. The van der Waals surface area contributed by atoms with E-state index in [0.717, 1.165) is 41.3 Å². The first kappa shape index (κ1) is 20.8. The quantitative estimate of drug-likeness (QED) is 0.478. The molecule has 1 fully saturated rings. The van der Waals surface area contributed by atoms with Crippen LogP contribution in [-0.2, 0) is 17.8 Å². The fourth-order valence-electron chi connectivity index (χ4n) is 4.35. The number of hydrogen-bond donors (Lipinski definition) is 0. The van der Waals surface area contributed by atoms with Gasteiger partial charge < -0.3 is 4.90 Å². The number of aromatic nitrogens is 1. The molecule has 0 saturated carbocycles. The third-order valence-electron chi connectivity index (χ3n) is 5.85. The van der Waals surface area contributed by atoms with E-state index in [9.17, 15) is 9.59 Å². The summed E-state index contributed by atoms with van der Waals surface area (Å²) in [6.45, 7) is 5.01. The van der Waals surface area contributed by atoms with Crippen molar-refractivity contribution in [1.82, 2.24) is 14.8 Å². The van der Waals surface area contributed by atoms with Crippen molar-refractivity contribution >= 4 is 23.0 Å². The number of hydrogen-bond acceptors (Lipinski definition) is 4. The van der Waals surface area contributed by atoms with E-state index < -0.39 is 0 Å². The second kappa shape index (κ2) is 9.11. The van der Waals surface area contributed by atoms with E-state index in [1.54, 1.807) is 12.3 Å². The lowest BCUT2D eigenvalue weighted by Crippen LogP contribution is -2.54. The summed E-state index contributed by atoms with van der Waals surface area (Å²) >= 11 is 0. The van der Waals surface area contributed by atoms with Crippen molar-refractivity contribution in [1.29, 1.82) is 0 Å². The fourth-order valence-corrected chi connectivity index (χ4v) is 4.35. The van der Waals surface area contributed by atoms with Gasteiger partial charge in [0.25, 0.3) is 0 Å². The molecule has 0 N–H and O–H groups in total. The third kappa shape index (κ3) is 4.65. The molecule has 0 unspecified atom stereocenters. The Balaban J connectivity index is 1.42. The molecule has 1 aliphatic rings. The van der Waals surface area contributed by atoms with Gasteiger partial charge in [0.05, 0.1) is 6.42 Å². The first-order chi connectivity index (χ1) is 15.1. The average Bonchev–Trinajstić information content (AvgIpc) is 2.79. The van der Waals surface area contributed by atoms with Crippen LogP contribution in [0.2, 0.25) is 0 Å². The highest BCUT2D eigenvalue weighted by Crippen LogP contribution is 2.20. The highest BCUT2D eigenvalue weighted by Gasteiger charge is 2.27. The molecule has 5 heteroatoms. The van der Waals surface area contributed by atoms with Gasteiger partial charge in [-0.3, -0.25) is 19.5 Å². The van der Waals surface area contributed by atoms with E-state index in [4.69, 9.17) is 6.42 Å². The molecule has 0 radical (unpaired) electrons. The van der Waals surface area contributed by atoms with Gasteiger partial charge in [0.1, 0.15) is 6.29 Å². The minimum absolute atomic E-state index is 0.102. The summed E-state index contributed by atoms with van der Waals surface area (Å²) in [5, 5.41) is 2.13. The highest BCUT2D eigenvalue weighted by molar-refractivity contribution is 5.89. The zero-order valence-corrected chi connectivity index (χ0v) is 17.6. The maximum absolute atomic E-state index is 13.1. The number of rotatable bonds is 5. The Kier molecular flexibility index (Phi) is 6.11. The van der Waals surface area contributed by atoms with Crippen LogP contribution in [0.1, 0.15) is 34.0 Å². The Labute approximate surface area is 182 Å². The van der Waals surface area contributed by atoms with E-state index in [2.05, 4.69) is 22.7 Å². The van der Waals surface area contributed by atoms with Crippen molar-refractivity contribution in [2.24, 2.45) is 0 Å². The Bertz CT molecular complexity index is 1160. The van der Waals surface area contributed by atoms with Crippen molar-refractivity contribution in [3.63, 3.8) is 0 Å². The van der Waals surface area contributed by atoms with Gasteiger partial charge in [-0.1, -0.05) is 30.2 Å². The Morgan fingerprint density at radius 3 is 2.84 bits per heavy atom. The molecule has 3 aromatic rings. The Morgan fingerprint density at radius 1 is 1.23 bits per heavy atom. The molecule has 4 rings (SSSR count). The summed E-state index contributed by atoms with van der Waals surface area (Å²) in [6, 6.07) is 13.7. The predicted molar refractivity (Wildman–Crippen MR) is 122 cm³/mol. The van der Waals surface area contributed by atoms with Crippen molar-refractivity contribution in [2.45, 2.75) is 25.9 Å². The van der Waals surface area contributed by atoms with Crippen molar-refractivity contribution in [2.75, 3.05) is 19.6 Å². The molecule has 1 atom stereocenters. The second-order valence-electron chi connectivity index (χ2n) is 8.09. The Hall–Kier alpha value is -3.49. The van der Waals surface area contributed by atoms with Crippen molar-refractivity contribution in [3.8, 4) is 12.3 Å². The standard InChI is InChI=1S/C26H25N3O2/c1-3-20-10-21(12-22(11-20)18-30)17-28-8-9-29(19(2)16-28)26(31)13-24-15-27-14-23-6-4-5-7-25(23)24/h1,4-7,10-12,14-15,18-19H,8-9,13,16-17H2,2H3/t19-/m0/s1. The summed E-state index contributed by atoms with van der Waals surface area (Å²) in [6.07, 6.45) is 10.3. The number of pyridine rings is 1. The molecule has 2 aromatic carbocycles. The summed E-state index contributed by atoms with van der Waals surface area (Å²) in [4.78, 5) is 32.8. The topological polar surface area (TPSA) is 53.5 Å². The number of terminal acetylenes is 1. The first-order valence-electron chi connectivity index (χ1n) is 10.5. The minimum Gasteiger partial charge on any atom is -0.337 e. The fraction of sp³-hybridized carbons (Fsp3) is 0.269. The van der Waals surface area contributed by atoms with Crippen molar-refractivity contribution in [3.05, 3.63) is 77.1 Å². The monoisotopic (exact) mass is 411 g/mol. The minimum atomic E-state index is 0.102. The molecule has 1 saturated heterocycles. The van der Waals surface area contributed by atoms with Crippen LogP contribution in [0, 0.1) is 12.3 Å². The average molecular weight is 412 g/mol. The molecule has 0 spiro atoms. The zero-order chi connectivity index (χ0) is 21.8. The lowest BCUT2D eigenvalue weighted by molar-refractivity contribution is -0.135. The van der Waals surface area contributed by atoms with E-state index >= 15 is 0 Å². The van der Waals surface area contributed by atoms with Gasteiger partial charge in [-0.2, -0.15) is 0 Å². The molecule has 1 aromatic heterocycles. The smallest absolute Gasteiger partial charge is 0.227 e. The number of amides is 1. The molecular formula is C26H25N3O2. The van der Waals surface area contributed by atoms with E-state index in [1.165, 1.54) is 0 Å². The van der Waals surface area contributed by atoms with Gasteiger partial charge in [0, 0.05) is 61.1 Å². The van der Waals surface area contributed by atoms with Crippen LogP contribution in [0.5, 0.6) is 0 Å². The van der Waals surface area contributed by atoms with E-state index in [-0.39, 0.29) is 11.9 Å². The summed E-state index contributed by atoms with van der Waals surface area (Å²) in [7, 11) is 0. The van der Waals surface area contributed by atoms with Crippen LogP contribution in [0.25, 0.3) is 10.8 Å². The molecule has 2 heterocycles. The largest absolute Gasteiger partial charge is 0.337 e. The SMILES string of the molecule is C#Cc1cc(C=O)cc(CN2CCN(C(=O)Cc3cncc4ccccc34)[C@@H](C)C2)c1.